The van der Waals surface area contributed by atoms with Gasteiger partial charge in [0.05, 0.1) is 6.20 Å². The number of nitrogens with zero attached hydrogens (tertiary/aromatic N) is 5. The summed E-state index contributed by atoms with van der Waals surface area (Å²) in [5.41, 5.74) is 0.786. The maximum atomic E-state index is 4.20. The minimum absolute atomic E-state index is 0.786. The lowest BCUT2D eigenvalue weighted by Gasteiger charge is -1.99. The van der Waals surface area contributed by atoms with E-state index in [2.05, 4.69) is 24.7 Å². The van der Waals surface area contributed by atoms with E-state index in [1.165, 1.54) is 0 Å². The predicted octanol–water partition coefficient (Wildman–Crippen LogP) is 0.841. The van der Waals surface area contributed by atoms with Gasteiger partial charge in [-0.2, -0.15) is 0 Å². The van der Waals surface area contributed by atoms with Crippen LogP contribution in [0.5, 0.6) is 0 Å². The summed E-state index contributed by atoms with van der Waals surface area (Å²) < 4.78 is 2.08. The maximum absolute atomic E-state index is 4.20. The van der Waals surface area contributed by atoms with Gasteiger partial charge in [-0.25, -0.2) is 4.98 Å². The molecule has 2 aromatic heterocycles. The van der Waals surface area contributed by atoms with Gasteiger partial charge in [0.2, 0.25) is 0 Å². The Morgan fingerprint density at radius 1 is 1.29 bits per heavy atom. The summed E-state index contributed by atoms with van der Waals surface area (Å²) in [7, 11) is 0. The van der Waals surface area contributed by atoms with E-state index in [0.29, 0.717) is 0 Å². The first-order valence-corrected chi connectivity index (χ1v) is 5.26. The minimum Gasteiger partial charge on any atom is -0.300 e. The van der Waals surface area contributed by atoms with Gasteiger partial charge in [-0.3, -0.25) is 9.55 Å². The predicted molar refractivity (Wildman–Crippen MR) is 51.8 cm³/mol. The van der Waals surface area contributed by atoms with Gasteiger partial charge in [-0.15, -0.1) is 10.2 Å². The molecule has 5 nitrogen and oxygen atoms in total. The van der Waals surface area contributed by atoms with Crippen molar-refractivity contribution in [2.45, 2.75) is 11.7 Å². The fourth-order valence-corrected chi connectivity index (χ4v) is 2.32. The monoisotopic (exact) mass is 205 g/mol. The molecule has 0 bridgehead atoms. The van der Waals surface area contributed by atoms with Crippen molar-refractivity contribution in [2.75, 3.05) is 5.75 Å². The topological polar surface area (TPSA) is 56.5 Å². The van der Waals surface area contributed by atoms with E-state index in [-0.39, 0.29) is 0 Å². The van der Waals surface area contributed by atoms with Crippen molar-refractivity contribution in [3.63, 3.8) is 0 Å². The second kappa shape index (κ2) is 3.06. The molecular weight excluding hydrogens is 198 g/mol. The average molecular weight is 205 g/mol. The lowest BCUT2D eigenvalue weighted by atomic mass is 10.4. The van der Waals surface area contributed by atoms with Crippen molar-refractivity contribution in [3.05, 3.63) is 18.6 Å². The summed E-state index contributed by atoms with van der Waals surface area (Å²) in [5.74, 6) is 1.89. The number of fused-ring (bicyclic) bond motifs is 1. The van der Waals surface area contributed by atoms with Gasteiger partial charge in [0.1, 0.15) is 5.69 Å². The molecule has 0 unspecified atom stereocenters. The zero-order valence-electron chi connectivity index (χ0n) is 7.29. The summed E-state index contributed by atoms with van der Waals surface area (Å²) in [6, 6.07) is 0. The lowest BCUT2D eigenvalue weighted by Crippen LogP contribution is -1.98. The van der Waals surface area contributed by atoms with Crippen LogP contribution in [0.3, 0.4) is 0 Å². The number of thioether (sulfide) groups is 1. The Morgan fingerprint density at radius 2 is 2.29 bits per heavy atom. The molecule has 2 aromatic rings. The Kier molecular flexibility index (Phi) is 1.73. The molecule has 0 radical (unpaired) electrons. The summed E-state index contributed by atoms with van der Waals surface area (Å²) in [6.07, 6.45) is 5.03. The highest BCUT2D eigenvalue weighted by molar-refractivity contribution is 7.99. The number of rotatable bonds is 1. The molecule has 0 N–H and O–H groups in total. The molecule has 0 aliphatic carbocycles. The molecule has 0 spiro atoms. The smallest absolute Gasteiger partial charge is 0.191 e. The van der Waals surface area contributed by atoms with Crippen molar-refractivity contribution in [1.82, 2.24) is 24.7 Å². The third kappa shape index (κ3) is 1.11. The SMILES string of the molecule is c1cnc(-c2nnc3n2CCS3)cn1. The minimum atomic E-state index is 0.786. The summed E-state index contributed by atoms with van der Waals surface area (Å²) in [5, 5.41) is 9.16. The van der Waals surface area contributed by atoms with Crippen molar-refractivity contribution in [2.24, 2.45) is 0 Å². The van der Waals surface area contributed by atoms with E-state index in [0.717, 1.165) is 29.0 Å². The molecule has 70 valence electrons. The van der Waals surface area contributed by atoms with Crippen LogP contribution in [-0.2, 0) is 6.54 Å². The summed E-state index contributed by atoms with van der Waals surface area (Å²) in [6.45, 7) is 0.957. The van der Waals surface area contributed by atoms with Crippen molar-refractivity contribution in [3.8, 4) is 11.5 Å². The molecule has 0 saturated heterocycles. The van der Waals surface area contributed by atoms with Gasteiger partial charge in [-0.1, -0.05) is 11.8 Å². The van der Waals surface area contributed by atoms with Gasteiger partial charge in [0, 0.05) is 24.7 Å². The third-order valence-corrected chi connectivity index (χ3v) is 3.00. The van der Waals surface area contributed by atoms with Crippen LogP contribution >= 0.6 is 11.8 Å². The Labute approximate surface area is 84.6 Å². The van der Waals surface area contributed by atoms with Crippen LogP contribution in [0.4, 0.5) is 0 Å². The molecule has 0 saturated carbocycles. The van der Waals surface area contributed by atoms with E-state index in [1.807, 2.05) is 0 Å². The van der Waals surface area contributed by atoms with Crippen LogP contribution in [0.15, 0.2) is 23.7 Å². The lowest BCUT2D eigenvalue weighted by molar-refractivity contribution is 0.724. The molecule has 1 aliphatic heterocycles. The molecular formula is C8H7N5S. The van der Waals surface area contributed by atoms with Crippen LogP contribution in [-0.4, -0.2) is 30.5 Å². The average Bonchev–Trinajstić information content (AvgIpc) is 2.79. The quantitative estimate of drug-likeness (QED) is 0.690. The number of aromatic nitrogens is 5. The van der Waals surface area contributed by atoms with Crippen LogP contribution in [0.2, 0.25) is 0 Å². The molecule has 6 heteroatoms. The van der Waals surface area contributed by atoms with E-state index < -0.39 is 0 Å². The molecule has 0 atom stereocenters. The van der Waals surface area contributed by atoms with Gasteiger partial charge in [-0.05, 0) is 0 Å². The summed E-state index contributed by atoms with van der Waals surface area (Å²) in [4.78, 5) is 8.22. The van der Waals surface area contributed by atoms with Gasteiger partial charge < -0.3 is 0 Å². The van der Waals surface area contributed by atoms with Crippen LogP contribution < -0.4 is 0 Å². The Bertz CT molecular complexity index is 452. The standard InChI is InChI=1S/C8H7N5S/c1-2-10-6(5-9-1)7-11-12-8-13(7)3-4-14-8/h1-2,5H,3-4H2. The van der Waals surface area contributed by atoms with Gasteiger partial charge in [0.15, 0.2) is 11.0 Å². The van der Waals surface area contributed by atoms with E-state index in [9.17, 15) is 0 Å². The van der Waals surface area contributed by atoms with E-state index in [1.54, 1.807) is 30.4 Å². The highest BCUT2D eigenvalue weighted by atomic mass is 32.2. The van der Waals surface area contributed by atoms with E-state index in [4.69, 9.17) is 0 Å². The molecule has 3 heterocycles. The van der Waals surface area contributed by atoms with Crippen LogP contribution in [0.25, 0.3) is 11.5 Å². The second-order valence-electron chi connectivity index (χ2n) is 2.90. The summed E-state index contributed by atoms with van der Waals surface area (Å²) >= 11 is 1.72. The zero-order chi connectivity index (χ0) is 9.38. The largest absolute Gasteiger partial charge is 0.300 e. The maximum Gasteiger partial charge on any atom is 0.191 e. The fourth-order valence-electron chi connectivity index (χ4n) is 1.43. The molecule has 14 heavy (non-hydrogen) atoms. The first-order chi connectivity index (χ1) is 6.95. The highest BCUT2D eigenvalue weighted by Gasteiger charge is 2.19. The Balaban J connectivity index is 2.13. The number of hydrogen-bond donors (Lipinski definition) is 0. The molecule has 0 amide bonds. The van der Waals surface area contributed by atoms with Crippen molar-refractivity contribution in [1.29, 1.82) is 0 Å². The first-order valence-electron chi connectivity index (χ1n) is 4.27. The molecule has 3 rings (SSSR count). The van der Waals surface area contributed by atoms with Crippen LogP contribution in [0, 0.1) is 0 Å². The normalized spacial score (nSPS) is 14.3. The number of hydrogen-bond acceptors (Lipinski definition) is 5. The Hall–Kier alpha value is -1.43. The van der Waals surface area contributed by atoms with Gasteiger partial charge in [0.25, 0.3) is 0 Å². The van der Waals surface area contributed by atoms with Crippen LogP contribution in [0.1, 0.15) is 0 Å². The van der Waals surface area contributed by atoms with E-state index >= 15 is 0 Å². The molecule has 0 fully saturated rings. The first kappa shape index (κ1) is 7.93. The Morgan fingerprint density at radius 3 is 3.14 bits per heavy atom. The van der Waals surface area contributed by atoms with Crippen molar-refractivity contribution < 1.29 is 0 Å². The zero-order valence-corrected chi connectivity index (χ0v) is 8.11. The van der Waals surface area contributed by atoms with Crippen molar-refractivity contribution >= 4 is 11.8 Å². The highest BCUT2D eigenvalue weighted by Crippen LogP contribution is 2.27. The molecule has 0 aromatic carbocycles. The second-order valence-corrected chi connectivity index (χ2v) is 3.96. The van der Waals surface area contributed by atoms with Gasteiger partial charge >= 0.3 is 0 Å². The fraction of sp³-hybridized carbons (Fsp3) is 0.250. The molecule has 1 aliphatic rings. The third-order valence-electron chi connectivity index (χ3n) is 2.06.